The fourth-order valence-electron chi connectivity index (χ4n) is 3.45. The van der Waals surface area contributed by atoms with Gasteiger partial charge in [-0.05, 0) is 44.4 Å². The summed E-state index contributed by atoms with van der Waals surface area (Å²) in [6, 6.07) is 0.115. The Bertz CT molecular complexity index is 375. The summed E-state index contributed by atoms with van der Waals surface area (Å²) >= 11 is 0. The van der Waals surface area contributed by atoms with Gasteiger partial charge >= 0.3 is 5.97 Å². The third-order valence-electron chi connectivity index (χ3n) is 4.62. The normalized spacial score (nSPS) is 41.8. The number of carboxylic acid groups (broad SMARTS) is 1. The Kier molecular flexibility index (Phi) is 3.52. The molecule has 2 rings (SSSR count). The highest BCUT2D eigenvalue weighted by atomic mass is 16.4. The van der Waals surface area contributed by atoms with Crippen LogP contribution in [0.25, 0.3) is 0 Å². The summed E-state index contributed by atoms with van der Waals surface area (Å²) in [6.45, 7) is 3.55. The number of carbonyl (C=O) groups is 1. The van der Waals surface area contributed by atoms with Crippen molar-refractivity contribution in [2.45, 2.75) is 51.2 Å². The SMILES string of the molecule is CC(C(=O)O)C1CCC(N)C2CCC(C)(O)C=C21. The standard InChI is InChI=1S/C14H23NO3/c1-8(13(16)17)9-3-4-12(15)10-5-6-14(2,18)7-11(9)10/h7-10,12,18H,3-6,15H2,1-2H3,(H,16,17). The van der Waals surface area contributed by atoms with Gasteiger partial charge in [0.15, 0.2) is 0 Å². The Morgan fingerprint density at radius 2 is 2.17 bits per heavy atom. The van der Waals surface area contributed by atoms with E-state index < -0.39 is 17.5 Å². The molecular formula is C14H23NO3. The van der Waals surface area contributed by atoms with Crippen LogP contribution >= 0.6 is 0 Å². The fourth-order valence-corrected chi connectivity index (χ4v) is 3.45. The molecule has 4 heteroatoms. The maximum absolute atomic E-state index is 11.2. The van der Waals surface area contributed by atoms with Gasteiger partial charge in [-0.3, -0.25) is 4.79 Å². The smallest absolute Gasteiger partial charge is 0.306 e. The molecule has 102 valence electrons. The van der Waals surface area contributed by atoms with Gasteiger partial charge in [-0.15, -0.1) is 0 Å². The van der Waals surface area contributed by atoms with Gasteiger partial charge in [-0.1, -0.05) is 18.6 Å². The van der Waals surface area contributed by atoms with E-state index in [9.17, 15) is 15.0 Å². The molecule has 4 nitrogen and oxygen atoms in total. The molecule has 18 heavy (non-hydrogen) atoms. The third kappa shape index (κ3) is 2.45. The molecule has 2 aliphatic rings. The van der Waals surface area contributed by atoms with Crippen molar-refractivity contribution in [2.24, 2.45) is 23.5 Å². The summed E-state index contributed by atoms with van der Waals surface area (Å²) in [6.07, 6.45) is 5.15. The van der Waals surface area contributed by atoms with Crippen LogP contribution in [0, 0.1) is 17.8 Å². The largest absolute Gasteiger partial charge is 0.481 e. The van der Waals surface area contributed by atoms with Crippen molar-refractivity contribution in [3.8, 4) is 0 Å². The molecule has 1 saturated carbocycles. The molecule has 5 atom stereocenters. The Labute approximate surface area is 108 Å². The van der Waals surface area contributed by atoms with Crippen LogP contribution in [0.2, 0.25) is 0 Å². The first-order valence-electron chi connectivity index (χ1n) is 6.75. The average Bonchev–Trinajstić information content (AvgIpc) is 2.27. The summed E-state index contributed by atoms with van der Waals surface area (Å²) in [5.74, 6) is -0.884. The molecule has 0 aromatic rings. The van der Waals surface area contributed by atoms with Crippen LogP contribution in [0.15, 0.2) is 11.6 Å². The number of hydrogen-bond donors (Lipinski definition) is 3. The summed E-state index contributed by atoms with van der Waals surface area (Å²) in [7, 11) is 0. The van der Waals surface area contributed by atoms with Crippen LogP contribution in [0.5, 0.6) is 0 Å². The van der Waals surface area contributed by atoms with Crippen molar-refractivity contribution in [1.82, 2.24) is 0 Å². The number of rotatable bonds is 2. The second-order valence-electron chi connectivity index (χ2n) is 6.12. The molecule has 0 aromatic heterocycles. The van der Waals surface area contributed by atoms with Gasteiger partial charge in [-0.2, -0.15) is 0 Å². The third-order valence-corrected chi connectivity index (χ3v) is 4.62. The molecule has 0 bridgehead atoms. The van der Waals surface area contributed by atoms with E-state index in [1.165, 1.54) is 0 Å². The molecule has 0 aromatic carbocycles. The monoisotopic (exact) mass is 253 g/mol. The molecule has 0 saturated heterocycles. The summed E-state index contributed by atoms with van der Waals surface area (Å²) < 4.78 is 0. The lowest BCUT2D eigenvalue weighted by atomic mass is 9.64. The number of aliphatic carboxylic acids is 1. The topological polar surface area (TPSA) is 83.5 Å². The highest BCUT2D eigenvalue weighted by molar-refractivity contribution is 5.70. The van der Waals surface area contributed by atoms with E-state index in [-0.39, 0.29) is 17.9 Å². The van der Waals surface area contributed by atoms with Crippen molar-refractivity contribution < 1.29 is 15.0 Å². The Morgan fingerprint density at radius 1 is 1.50 bits per heavy atom. The van der Waals surface area contributed by atoms with E-state index in [0.717, 1.165) is 24.8 Å². The van der Waals surface area contributed by atoms with Crippen molar-refractivity contribution in [1.29, 1.82) is 0 Å². The Balaban J connectivity index is 2.32. The Morgan fingerprint density at radius 3 is 2.78 bits per heavy atom. The second kappa shape index (κ2) is 4.67. The number of carboxylic acids is 1. The first kappa shape index (κ1) is 13.6. The summed E-state index contributed by atoms with van der Waals surface area (Å²) in [5, 5.41) is 19.4. The van der Waals surface area contributed by atoms with E-state index in [0.29, 0.717) is 6.42 Å². The van der Waals surface area contributed by atoms with Gasteiger partial charge < -0.3 is 15.9 Å². The van der Waals surface area contributed by atoms with Crippen molar-refractivity contribution in [3.63, 3.8) is 0 Å². The minimum Gasteiger partial charge on any atom is -0.481 e. The molecule has 0 heterocycles. The van der Waals surface area contributed by atoms with Gasteiger partial charge in [-0.25, -0.2) is 0 Å². The predicted molar refractivity (Wildman–Crippen MR) is 68.9 cm³/mol. The first-order chi connectivity index (χ1) is 8.32. The lowest BCUT2D eigenvalue weighted by molar-refractivity contribution is -0.143. The number of hydrogen-bond acceptors (Lipinski definition) is 3. The van der Waals surface area contributed by atoms with Crippen molar-refractivity contribution in [3.05, 3.63) is 11.6 Å². The minimum absolute atomic E-state index is 0.0269. The van der Waals surface area contributed by atoms with E-state index in [1.54, 1.807) is 13.8 Å². The van der Waals surface area contributed by atoms with Gasteiger partial charge in [0, 0.05) is 6.04 Å². The lowest BCUT2D eigenvalue weighted by Gasteiger charge is -2.43. The average molecular weight is 253 g/mol. The van der Waals surface area contributed by atoms with Gasteiger partial charge in [0.2, 0.25) is 0 Å². The van der Waals surface area contributed by atoms with E-state index in [4.69, 9.17) is 5.73 Å². The zero-order chi connectivity index (χ0) is 13.5. The molecule has 4 N–H and O–H groups in total. The maximum Gasteiger partial charge on any atom is 0.306 e. The zero-order valence-electron chi connectivity index (χ0n) is 11.1. The van der Waals surface area contributed by atoms with Gasteiger partial charge in [0.1, 0.15) is 0 Å². The van der Waals surface area contributed by atoms with E-state index >= 15 is 0 Å². The molecule has 1 fully saturated rings. The quantitative estimate of drug-likeness (QED) is 0.652. The highest BCUT2D eigenvalue weighted by Gasteiger charge is 2.41. The van der Waals surface area contributed by atoms with Crippen LogP contribution in [0.3, 0.4) is 0 Å². The molecule has 0 aliphatic heterocycles. The van der Waals surface area contributed by atoms with Crippen LogP contribution in [0.4, 0.5) is 0 Å². The number of nitrogens with two attached hydrogens (primary N) is 1. The predicted octanol–water partition coefficient (Wildman–Crippen LogP) is 1.53. The van der Waals surface area contributed by atoms with Crippen molar-refractivity contribution in [2.75, 3.05) is 0 Å². The summed E-state index contributed by atoms with van der Waals surface area (Å²) in [4.78, 5) is 11.2. The minimum atomic E-state index is -0.806. The first-order valence-corrected chi connectivity index (χ1v) is 6.75. The molecule has 2 aliphatic carbocycles. The molecule has 0 amide bonds. The summed E-state index contributed by atoms with van der Waals surface area (Å²) in [5.41, 5.74) is 6.42. The number of aliphatic hydroxyl groups is 1. The van der Waals surface area contributed by atoms with Gasteiger partial charge in [0.05, 0.1) is 11.5 Å². The van der Waals surface area contributed by atoms with Crippen LogP contribution < -0.4 is 5.73 Å². The zero-order valence-corrected chi connectivity index (χ0v) is 11.1. The highest BCUT2D eigenvalue weighted by Crippen LogP contribution is 2.45. The number of fused-ring (bicyclic) bond motifs is 1. The van der Waals surface area contributed by atoms with Crippen molar-refractivity contribution >= 4 is 5.97 Å². The molecule has 5 unspecified atom stereocenters. The molecule has 0 spiro atoms. The molecular weight excluding hydrogens is 230 g/mol. The second-order valence-corrected chi connectivity index (χ2v) is 6.12. The van der Waals surface area contributed by atoms with Gasteiger partial charge in [0.25, 0.3) is 0 Å². The lowest BCUT2D eigenvalue weighted by Crippen LogP contribution is -2.45. The van der Waals surface area contributed by atoms with Crippen LogP contribution in [0.1, 0.15) is 39.5 Å². The van der Waals surface area contributed by atoms with Crippen LogP contribution in [-0.4, -0.2) is 27.8 Å². The fraction of sp³-hybridized carbons (Fsp3) is 0.786. The van der Waals surface area contributed by atoms with Crippen LogP contribution in [-0.2, 0) is 4.79 Å². The maximum atomic E-state index is 11.2. The van der Waals surface area contributed by atoms with E-state index in [1.807, 2.05) is 6.08 Å². The van der Waals surface area contributed by atoms with E-state index in [2.05, 4.69) is 0 Å². The Hall–Kier alpha value is -0.870. The molecule has 0 radical (unpaired) electrons.